The molecule has 23 heavy (non-hydrogen) atoms. The number of nitrogens with one attached hydrogen (secondary N) is 1. The van der Waals surface area contributed by atoms with E-state index in [1.165, 1.54) is 4.90 Å². The second-order valence-electron chi connectivity index (χ2n) is 5.23. The Kier molecular flexibility index (Phi) is 6.76. The van der Waals surface area contributed by atoms with Gasteiger partial charge >= 0.3 is 6.18 Å². The molecular weight excluding hydrogens is 343 g/mol. The van der Waals surface area contributed by atoms with Crippen LogP contribution in [0.3, 0.4) is 0 Å². The van der Waals surface area contributed by atoms with Crippen molar-refractivity contribution in [2.24, 2.45) is 0 Å². The lowest BCUT2D eigenvalue weighted by atomic mass is 9.97. The minimum Gasteiger partial charge on any atom is -0.390 e. The van der Waals surface area contributed by atoms with E-state index in [0.717, 1.165) is 24.3 Å². The smallest absolute Gasteiger partial charge is 0.390 e. The Labute approximate surface area is 136 Å². The highest BCUT2D eigenvalue weighted by molar-refractivity contribution is 5.85. The first kappa shape index (κ1) is 20.1. The van der Waals surface area contributed by atoms with Crippen LogP contribution >= 0.6 is 12.4 Å². The van der Waals surface area contributed by atoms with E-state index >= 15 is 0 Å². The van der Waals surface area contributed by atoms with Gasteiger partial charge in [-0.3, -0.25) is 4.90 Å². The maximum Gasteiger partial charge on any atom is 0.416 e. The summed E-state index contributed by atoms with van der Waals surface area (Å²) in [5.41, 5.74) is -0.823. The monoisotopic (exact) mass is 360 g/mol. The first-order valence-corrected chi connectivity index (χ1v) is 6.86. The van der Waals surface area contributed by atoms with E-state index in [4.69, 9.17) is 5.11 Å². The van der Waals surface area contributed by atoms with Gasteiger partial charge in [0, 0.05) is 26.2 Å². The zero-order valence-corrected chi connectivity index (χ0v) is 12.9. The molecule has 0 radical (unpaired) electrons. The summed E-state index contributed by atoms with van der Waals surface area (Å²) in [5.74, 6) is -3.43. The Morgan fingerprint density at radius 3 is 2.00 bits per heavy atom. The van der Waals surface area contributed by atoms with E-state index in [0.29, 0.717) is 26.2 Å². The molecule has 132 valence electrons. The molecule has 9 heteroatoms. The second kappa shape index (κ2) is 7.74. The summed E-state index contributed by atoms with van der Waals surface area (Å²) in [4.78, 5) is 1.48. The molecule has 1 fully saturated rings. The zero-order chi connectivity index (χ0) is 16.4. The van der Waals surface area contributed by atoms with E-state index in [1.807, 2.05) is 0 Å². The lowest BCUT2D eigenvalue weighted by molar-refractivity contribution is -0.137. The van der Waals surface area contributed by atoms with Crippen LogP contribution in [-0.2, 0) is 6.18 Å². The quantitative estimate of drug-likeness (QED) is 0.810. The molecule has 3 nitrogen and oxygen atoms in total. The summed E-state index contributed by atoms with van der Waals surface area (Å²) in [7, 11) is 0. The van der Waals surface area contributed by atoms with Crippen molar-refractivity contribution < 1.29 is 27.1 Å². The van der Waals surface area contributed by atoms with Crippen molar-refractivity contribution in [3.05, 3.63) is 35.4 Å². The Balaban J connectivity index is 0.00000264. The largest absolute Gasteiger partial charge is 0.416 e. The van der Waals surface area contributed by atoms with Gasteiger partial charge in [-0.05, 0) is 17.7 Å². The van der Waals surface area contributed by atoms with Crippen LogP contribution in [0.2, 0.25) is 0 Å². The fourth-order valence-electron chi connectivity index (χ4n) is 2.60. The molecule has 1 atom stereocenters. The van der Waals surface area contributed by atoms with E-state index in [-0.39, 0.29) is 18.0 Å². The van der Waals surface area contributed by atoms with Gasteiger partial charge in [-0.2, -0.15) is 13.2 Å². The maximum atomic E-state index is 14.1. The summed E-state index contributed by atoms with van der Waals surface area (Å²) >= 11 is 0. The van der Waals surface area contributed by atoms with Crippen LogP contribution in [0.1, 0.15) is 17.2 Å². The van der Waals surface area contributed by atoms with Gasteiger partial charge in [0.2, 0.25) is 0 Å². The highest BCUT2D eigenvalue weighted by atomic mass is 35.5. The number of piperazine rings is 1. The predicted molar refractivity (Wildman–Crippen MR) is 77.9 cm³/mol. The Morgan fingerprint density at radius 1 is 1.04 bits per heavy atom. The van der Waals surface area contributed by atoms with Crippen LogP contribution in [0.15, 0.2) is 24.3 Å². The van der Waals surface area contributed by atoms with Crippen molar-refractivity contribution >= 4 is 12.4 Å². The van der Waals surface area contributed by atoms with Crippen molar-refractivity contribution in [1.29, 1.82) is 0 Å². The SMILES string of the molecule is Cl.OCC(F)(F)[C@@H](c1ccc(C(F)(F)F)cc1)N1CCNCC1. The average molecular weight is 361 g/mol. The van der Waals surface area contributed by atoms with Crippen LogP contribution in [0.4, 0.5) is 22.0 Å². The molecule has 1 aliphatic rings. The Morgan fingerprint density at radius 2 is 1.57 bits per heavy atom. The van der Waals surface area contributed by atoms with Crippen LogP contribution in [0.5, 0.6) is 0 Å². The fourth-order valence-corrected chi connectivity index (χ4v) is 2.60. The number of alkyl halides is 5. The molecule has 2 N–H and O–H groups in total. The number of rotatable bonds is 4. The molecular formula is C14H18ClF5N2O. The lowest BCUT2D eigenvalue weighted by Gasteiger charge is -2.38. The number of aliphatic hydroxyl groups excluding tert-OH is 1. The third kappa shape index (κ3) is 4.76. The molecule has 1 aromatic carbocycles. The highest BCUT2D eigenvalue weighted by Crippen LogP contribution is 2.38. The lowest BCUT2D eigenvalue weighted by Crippen LogP contribution is -2.51. The summed E-state index contributed by atoms with van der Waals surface area (Å²) in [6.07, 6.45) is -4.51. The van der Waals surface area contributed by atoms with Crippen molar-refractivity contribution in [1.82, 2.24) is 10.2 Å². The number of hydrogen-bond donors (Lipinski definition) is 2. The molecule has 1 aromatic rings. The van der Waals surface area contributed by atoms with Gasteiger partial charge in [0.25, 0.3) is 5.92 Å². The van der Waals surface area contributed by atoms with E-state index in [2.05, 4.69) is 5.32 Å². The van der Waals surface area contributed by atoms with Crippen molar-refractivity contribution in [2.75, 3.05) is 32.8 Å². The Bertz CT molecular complexity index is 489. The number of nitrogens with zero attached hydrogens (tertiary/aromatic N) is 1. The second-order valence-corrected chi connectivity index (χ2v) is 5.23. The van der Waals surface area contributed by atoms with Crippen molar-refractivity contribution in [2.45, 2.75) is 18.1 Å². The average Bonchev–Trinajstić information content (AvgIpc) is 2.48. The third-order valence-corrected chi connectivity index (χ3v) is 3.68. The van der Waals surface area contributed by atoms with Gasteiger partial charge in [-0.25, -0.2) is 8.78 Å². The Hall–Kier alpha value is -0.960. The van der Waals surface area contributed by atoms with Crippen LogP contribution in [-0.4, -0.2) is 48.7 Å². The summed E-state index contributed by atoms with van der Waals surface area (Å²) < 4.78 is 65.9. The summed E-state index contributed by atoms with van der Waals surface area (Å²) in [6, 6.07) is 2.25. The highest BCUT2D eigenvalue weighted by Gasteiger charge is 2.44. The molecule has 0 bridgehead atoms. The van der Waals surface area contributed by atoms with Gasteiger partial charge < -0.3 is 10.4 Å². The molecule has 0 unspecified atom stereocenters. The molecule has 0 amide bonds. The molecule has 1 heterocycles. The van der Waals surface area contributed by atoms with Gasteiger partial charge in [0.15, 0.2) is 0 Å². The number of benzene rings is 1. The normalized spacial score (nSPS) is 18.3. The van der Waals surface area contributed by atoms with Gasteiger partial charge in [-0.1, -0.05) is 12.1 Å². The molecule has 0 aliphatic carbocycles. The number of hydrogen-bond acceptors (Lipinski definition) is 3. The molecule has 0 aromatic heterocycles. The van der Waals surface area contributed by atoms with Crippen molar-refractivity contribution in [3.63, 3.8) is 0 Å². The summed E-state index contributed by atoms with van der Waals surface area (Å²) in [6.45, 7) is 0.336. The van der Waals surface area contributed by atoms with Crippen LogP contribution in [0.25, 0.3) is 0 Å². The third-order valence-electron chi connectivity index (χ3n) is 3.68. The van der Waals surface area contributed by atoms with Gasteiger partial charge in [0.05, 0.1) is 5.56 Å². The van der Waals surface area contributed by atoms with Crippen molar-refractivity contribution in [3.8, 4) is 0 Å². The maximum absolute atomic E-state index is 14.1. The molecule has 1 saturated heterocycles. The van der Waals surface area contributed by atoms with E-state index < -0.39 is 30.3 Å². The topological polar surface area (TPSA) is 35.5 Å². The summed E-state index contributed by atoms with van der Waals surface area (Å²) in [5, 5.41) is 12.0. The van der Waals surface area contributed by atoms with Crippen LogP contribution in [0, 0.1) is 0 Å². The number of halogens is 6. The van der Waals surface area contributed by atoms with Gasteiger partial charge in [0.1, 0.15) is 12.6 Å². The van der Waals surface area contributed by atoms with Gasteiger partial charge in [-0.15, -0.1) is 12.4 Å². The van der Waals surface area contributed by atoms with E-state index in [1.54, 1.807) is 0 Å². The first-order chi connectivity index (χ1) is 10.3. The van der Waals surface area contributed by atoms with Crippen LogP contribution < -0.4 is 5.32 Å². The molecule has 0 saturated carbocycles. The minimum atomic E-state index is -4.51. The van der Waals surface area contributed by atoms with E-state index in [9.17, 15) is 22.0 Å². The molecule has 0 spiro atoms. The first-order valence-electron chi connectivity index (χ1n) is 6.86. The predicted octanol–water partition coefficient (Wildman–Crippen LogP) is 2.70. The molecule has 1 aliphatic heterocycles. The fraction of sp³-hybridized carbons (Fsp3) is 0.571. The molecule has 2 rings (SSSR count). The minimum absolute atomic E-state index is 0. The number of aliphatic hydroxyl groups is 1. The zero-order valence-electron chi connectivity index (χ0n) is 12.1. The standard InChI is InChI=1S/C14H17F5N2O.ClH/c15-13(16,9-22)12(21-7-5-20-6-8-21)10-1-3-11(4-2-10)14(17,18)19;/h1-4,12,20,22H,5-9H2;1H/t12-;/m1./s1.